The van der Waals surface area contributed by atoms with E-state index < -0.39 is 0 Å². The number of hydrogen-bond acceptors (Lipinski definition) is 3. The molecule has 0 spiro atoms. The Morgan fingerprint density at radius 3 is 2.68 bits per heavy atom. The number of rotatable bonds is 7. The van der Waals surface area contributed by atoms with Crippen LogP contribution in [0.1, 0.15) is 52.4 Å². The number of likely N-dealkylation sites (tertiary alicyclic amines) is 1. The summed E-state index contributed by atoms with van der Waals surface area (Å²) >= 11 is 0. The van der Waals surface area contributed by atoms with Gasteiger partial charge in [-0.15, -0.1) is 0 Å². The zero-order valence-corrected chi connectivity index (χ0v) is 13.1. The molecule has 112 valence electrons. The van der Waals surface area contributed by atoms with Crippen LogP contribution in [0.15, 0.2) is 0 Å². The normalized spacial score (nSPS) is 27.5. The maximum Gasteiger partial charge on any atom is 0.0468 e. The summed E-state index contributed by atoms with van der Waals surface area (Å²) in [6, 6.07) is 1.44. The first-order valence-electron chi connectivity index (χ1n) is 8.12. The molecule has 1 saturated carbocycles. The van der Waals surface area contributed by atoms with E-state index in [9.17, 15) is 0 Å². The van der Waals surface area contributed by atoms with Crippen molar-refractivity contribution in [1.82, 2.24) is 10.2 Å². The predicted octanol–water partition coefficient (Wildman–Crippen LogP) is 2.66. The molecule has 1 saturated heterocycles. The average molecular weight is 268 g/mol. The van der Waals surface area contributed by atoms with Gasteiger partial charge in [0.15, 0.2) is 0 Å². The van der Waals surface area contributed by atoms with Crippen LogP contribution >= 0.6 is 0 Å². The summed E-state index contributed by atoms with van der Waals surface area (Å²) in [5, 5.41) is 3.85. The van der Waals surface area contributed by atoms with Crippen molar-refractivity contribution in [2.45, 2.75) is 64.5 Å². The van der Waals surface area contributed by atoms with Crippen LogP contribution in [0.5, 0.6) is 0 Å². The molecule has 1 N–H and O–H groups in total. The van der Waals surface area contributed by atoms with Crippen LogP contribution in [-0.2, 0) is 4.74 Å². The van der Waals surface area contributed by atoms with E-state index in [1.807, 2.05) is 7.11 Å². The lowest BCUT2D eigenvalue weighted by Crippen LogP contribution is -2.36. The van der Waals surface area contributed by atoms with Crippen molar-refractivity contribution in [3.8, 4) is 0 Å². The van der Waals surface area contributed by atoms with Gasteiger partial charge in [-0.25, -0.2) is 0 Å². The van der Waals surface area contributed by atoms with Crippen molar-refractivity contribution < 1.29 is 4.74 Å². The fourth-order valence-electron chi connectivity index (χ4n) is 3.21. The summed E-state index contributed by atoms with van der Waals surface area (Å²) in [5.41, 5.74) is 0.583. The molecule has 2 rings (SSSR count). The molecule has 2 fully saturated rings. The quantitative estimate of drug-likeness (QED) is 0.768. The van der Waals surface area contributed by atoms with Crippen molar-refractivity contribution in [2.24, 2.45) is 5.41 Å². The van der Waals surface area contributed by atoms with Crippen LogP contribution in [0.2, 0.25) is 0 Å². The number of methoxy groups -OCH3 is 1. The highest BCUT2D eigenvalue weighted by molar-refractivity contribution is 4.95. The van der Waals surface area contributed by atoms with Gasteiger partial charge in [-0.05, 0) is 70.9 Å². The standard InChI is InChI=1S/C16H32N2O/c1-14(2)18-10-4-5-15(6-11-18)17-13-16(7-8-16)9-12-19-3/h14-15,17H,4-13H2,1-3H3. The summed E-state index contributed by atoms with van der Waals surface area (Å²) in [7, 11) is 1.81. The Hall–Kier alpha value is -0.120. The highest BCUT2D eigenvalue weighted by Gasteiger charge is 2.41. The second kappa shape index (κ2) is 7.05. The predicted molar refractivity (Wildman–Crippen MR) is 80.5 cm³/mol. The third-order valence-electron chi connectivity index (χ3n) is 5.05. The Morgan fingerprint density at radius 1 is 1.26 bits per heavy atom. The third kappa shape index (κ3) is 4.73. The monoisotopic (exact) mass is 268 g/mol. The number of nitrogens with zero attached hydrogens (tertiary/aromatic N) is 1. The lowest BCUT2D eigenvalue weighted by molar-refractivity contribution is 0.169. The fraction of sp³-hybridized carbons (Fsp3) is 1.00. The second-order valence-corrected chi connectivity index (χ2v) is 6.88. The number of ether oxygens (including phenoxy) is 1. The summed E-state index contributed by atoms with van der Waals surface area (Å²) in [6.07, 6.45) is 8.05. The van der Waals surface area contributed by atoms with E-state index in [-0.39, 0.29) is 0 Å². The van der Waals surface area contributed by atoms with Crippen LogP contribution in [0.4, 0.5) is 0 Å². The Kier molecular flexibility index (Phi) is 5.67. The smallest absolute Gasteiger partial charge is 0.0468 e. The van der Waals surface area contributed by atoms with Crippen molar-refractivity contribution in [3.05, 3.63) is 0 Å². The van der Waals surface area contributed by atoms with Crippen molar-refractivity contribution >= 4 is 0 Å². The highest BCUT2D eigenvalue weighted by Crippen LogP contribution is 2.48. The zero-order chi connectivity index (χ0) is 13.7. The van der Waals surface area contributed by atoms with Crippen molar-refractivity contribution in [3.63, 3.8) is 0 Å². The maximum absolute atomic E-state index is 5.24. The van der Waals surface area contributed by atoms with Gasteiger partial charge in [-0.3, -0.25) is 0 Å². The molecule has 0 aromatic rings. The summed E-state index contributed by atoms with van der Waals surface area (Å²) in [5.74, 6) is 0. The number of nitrogens with one attached hydrogen (secondary N) is 1. The Balaban J connectivity index is 1.69. The average Bonchev–Trinajstić information content (AvgIpc) is 3.18. The van der Waals surface area contributed by atoms with E-state index in [0.717, 1.165) is 12.6 Å². The van der Waals surface area contributed by atoms with Gasteiger partial charge in [0.25, 0.3) is 0 Å². The van der Waals surface area contributed by atoms with Crippen molar-refractivity contribution in [1.29, 1.82) is 0 Å². The van der Waals surface area contributed by atoms with Gasteiger partial charge < -0.3 is 15.0 Å². The lowest BCUT2D eigenvalue weighted by Gasteiger charge is -2.25. The highest BCUT2D eigenvalue weighted by atomic mass is 16.5. The molecule has 1 aliphatic heterocycles. The van der Waals surface area contributed by atoms with E-state index in [2.05, 4.69) is 24.1 Å². The Morgan fingerprint density at radius 2 is 2.05 bits per heavy atom. The van der Waals surface area contributed by atoms with Crippen LogP contribution < -0.4 is 5.32 Å². The first kappa shape index (κ1) is 15.3. The molecule has 1 aliphatic carbocycles. The summed E-state index contributed by atoms with van der Waals surface area (Å²) in [6.45, 7) is 9.32. The van der Waals surface area contributed by atoms with Gasteiger partial charge in [-0.1, -0.05) is 0 Å². The Bertz CT molecular complexity index is 263. The molecule has 0 aromatic heterocycles. The molecule has 0 amide bonds. The molecule has 19 heavy (non-hydrogen) atoms. The first-order chi connectivity index (χ1) is 9.15. The molecule has 1 heterocycles. The van der Waals surface area contributed by atoms with Gasteiger partial charge >= 0.3 is 0 Å². The van der Waals surface area contributed by atoms with Crippen molar-refractivity contribution in [2.75, 3.05) is 33.4 Å². The summed E-state index contributed by atoms with van der Waals surface area (Å²) in [4.78, 5) is 2.62. The van der Waals surface area contributed by atoms with E-state index in [1.165, 1.54) is 58.2 Å². The lowest BCUT2D eigenvalue weighted by atomic mass is 10.0. The topological polar surface area (TPSA) is 24.5 Å². The number of hydrogen-bond donors (Lipinski definition) is 1. The molecule has 3 nitrogen and oxygen atoms in total. The summed E-state index contributed by atoms with van der Waals surface area (Å²) < 4.78 is 5.24. The third-order valence-corrected chi connectivity index (χ3v) is 5.05. The van der Waals surface area contributed by atoms with Crippen LogP contribution in [0.25, 0.3) is 0 Å². The molecule has 1 unspecified atom stereocenters. The van der Waals surface area contributed by atoms with Gasteiger partial charge in [0, 0.05) is 32.3 Å². The minimum atomic E-state index is 0.583. The largest absolute Gasteiger partial charge is 0.385 e. The SMILES string of the molecule is COCCC1(CNC2CCCN(C(C)C)CC2)CC1. The van der Waals surface area contributed by atoms with E-state index >= 15 is 0 Å². The van der Waals surface area contributed by atoms with E-state index in [4.69, 9.17) is 4.74 Å². The minimum absolute atomic E-state index is 0.583. The van der Waals surface area contributed by atoms with Gasteiger partial charge in [0.1, 0.15) is 0 Å². The van der Waals surface area contributed by atoms with Crippen LogP contribution in [-0.4, -0.2) is 50.3 Å². The van der Waals surface area contributed by atoms with Gasteiger partial charge in [0.2, 0.25) is 0 Å². The fourth-order valence-corrected chi connectivity index (χ4v) is 3.21. The molecule has 3 heteroatoms. The van der Waals surface area contributed by atoms with Crippen LogP contribution in [0, 0.1) is 5.41 Å². The zero-order valence-electron chi connectivity index (χ0n) is 13.1. The molecule has 1 atom stereocenters. The van der Waals surface area contributed by atoms with Crippen LogP contribution in [0.3, 0.4) is 0 Å². The Labute approximate surface area is 119 Å². The van der Waals surface area contributed by atoms with Gasteiger partial charge in [0.05, 0.1) is 0 Å². The molecule has 0 aromatic carbocycles. The minimum Gasteiger partial charge on any atom is -0.385 e. The molecular formula is C16H32N2O. The maximum atomic E-state index is 5.24. The van der Waals surface area contributed by atoms with E-state index in [1.54, 1.807) is 0 Å². The molecule has 2 aliphatic rings. The first-order valence-corrected chi connectivity index (χ1v) is 8.12. The second-order valence-electron chi connectivity index (χ2n) is 6.88. The van der Waals surface area contributed by atoms with Gasteiger partial charge in [-0.2, -0.15) is 0 Å². The molecule has 0 radical (unpaired) electrons. The molecular weight excluding hydrogens is 236 g/mol. The van der Waals surface area contributed by atoms with E-state index in [0.29, 0.717) is 11.5 Å². The molecule has 0 bridgehead atoms.